The zero-order valence-electron chi connectivity index (χ0n) is 11.4. The zero-order valence-corrected chi connectivity index (χ0v) is 13.0. The quantitative estimate of drug-likeness (QED) is 0.868. The summed E-state index contributed by atoms with van der Waals surface area (Å²) >= 11 is 3.41. The molecule has 1 atom stereocenters. The zero-order chi connectivity index (χ0) is 14.3. The number of hydrogen-bond acceptors (Lipinski definition) is 3. The Kier molecular flexibility index (Phi) is 3.66. The van der Waals surface area contributed by atoms with Gasteiger partial charge in [0.1, 0.15) is 11.3 Å². The van der Waals surface area contributed by atoms with Gasteiger partial charge in [-0.2, -0.15) is 0 Å². The first-order valence-corrected chi connectivity index (χ1v) is 7.08. The Morgan fingerprint density at radius 3 is 2.47 bits per heavy atom. The molecular weight excluding hydrogens is 312 g/mol. The monoisotopic (exact) mass is 328 g/mol. The van der Waals surface area contributed by atoms with E-state index in [1.54, 1.807) is 4.57 Å². The largest absolute Gasteiger partial charge is 0.335 e. The van der Waals surface area contributed by atoms with Gasteiger partial charge >= 0.3 is 5.69 Å². The van der Waals surface area contributed by atoms with E-state index in [0.717, 1.165) is 4.57 Å². The second kappa shape index (κ2) is 4.96. The van der Waals surface area contributed by atoms with Crippen LogP contribution in [0.15, 0.2) is 9.59 Å². The van der Waals surface area contributed by atoms with Crippen LogP contribution in [0.4, 0.5) is 0 Å². The van der Waals surface area contributed by atoms with Gasteiger partial charge in [-0.3, -0.25) is 13.9 Å². The molecule has 0 aliphatic rings. The number of nitrogens with zero attached hydrogens (tertiary/aromatic N) is 3. The summed E-state index contributed by atoms with van der Waals surface area (Å²) in [6.45, 7) is 6.48. The first-order chi connectivity index (χ1) is 8.82. The Morgan fingerprint density at radius 1 is 1.32 bits per heavy atom. The lowest BCUT2D eigenvalue weighted by Crippen LogP contribution is -2.38. The van der Waals surface area contributed by atoms with Crippen molar-refractivity contribution in [1.29, 1.82) is 0 Å². The van der Waals surface area contributed by atoms with Crippen molar-refractivity contribution in [2.45, 2.75) is 32.1 Å². The highest BCUT2D eigenvalue weighted by Gasteiger charge is 2.17. The topological polar surface area (TPSA) is 72.7 Å². The Labute approximate surface area is 118 Å². The Morgan fingerprint density at radius 2 is 1.95 bits per heavy atom. The first-order valence-electron chi connectivity index (χ1n) is 6.16. The van der Waals surface area contributed by atoms with Crippen LogP contribution in [0.3, 0.4) is 0 Å². The molecule has 0 aromatic carbocycles. The fraction of sp³-hybridized carbons (Fsp3) is 0.583. The van der Waals surface area contributed by atoms with Gasteiger partial charge in [-0.05, 0) is 12.8 Å². The lowest BCUT2D eigenvalue weighted by molar-refractivity contribution is 0.500. The standard InChI is InChI=1S/C12H17BrN4O2/c1-6(2)5-17-10-8(11(18)16(4)12(17)19)14-9(15-10)7(3)13/h6-7H,5H2,1-4H3,(H,14,15). The minimum atomic E-state index is -0.341. The van der Waals surface area contributed by atoms with Crippen molar-refractivity contribution in [2.24, 2.45) is 13.0 Å². The predicted octanol–water partition coefficient (Wildman–Crippen LogP) is 1.54. The highest BCUT2D eigenvalue weighted by Crippen LogP contribution is 2.20. The predicted molar refractivity (Wildman–Crippen MR) is 77.8 cm³/mol. The van der Waals surface area contributed by atoms with E-state index < -0.39 is 0 Å². The molecule has 2 aromatic rings. The molecule has 0 aliphatic heterocycles. The third-order valence-corrected chi connectivity index (χ3v) is 3.35. The van der Waals surface area contributed by atoms with Crippen LogP contribution in [-0.2, 0) is 13.6 Å². The molecule has 0 spiro atoms. The lowest BCUT2D eigenvalue weighted by Gasteiger charge is -2.10. The molecule has 0 amide bonds. The molecule has 2 heterocycles. The number of halogens is 1. The van der Waals surface area contributed by atoms with Crippen LogP contribution in [0.1, 0.15) is 31.4 Å². The lowest BCUT2D eigenvalue weighted by atomic mass is 10.2. The van der Waals surface area contributed by atoms with Crippen LogP contribution >= 0.6 is 15.9 Å². The molecule has 1 unspecified atom stereocenters. The molecule has 6 nitrogen and oxygen atoms in total. The van der Waals surface area contributed by atoms with Crippen molar-refractivity contribution in [3.63, 3.8) is 0 Å². The molecule has 104 valence electrons. The van der Waals surface area contributed by atoms with E-state index >= 15 is 0 Å². The molecule has 0 saturated heterocycles. The molecule has 0 saturated carbocycles. The van der Waals surface area contributed by atoms with Crippen LogP contribution < -0.4 is 11.2 Å². The van der Waals surface area contributed by atoms with Gasteiger partial charge in [0.05, 0.1) is 4.83 Å². The third kappa shape index (κ3) is 2.39. The van der Waals surface area contributed by atoms with Gasteiger partial charge in [-0.25, -0.2) is 9.78 Å². The number of imidazole rings is 1. The average molecular weight is 329 g/mol. The summed E-state index contributed by atoms with van der Waals surface area (Å²) in [5, 5.41) is 0. The summed E-state index contributed by atoms with van der Waals surface area (Å²) in [5.74, 6) is 0.940. The molecular formula is C12H17BrN4O2. The number of aromatic nitrogens is 4. The maximum Gasteiger partial charge on any atom is 0.332 e. The SMILES string of the molecule is CC(C)Cn1c(=O)n(C)c(=O)c2[nH]c(C(C)Br)nc21. The number of nitrogens with one attached hydrogen (secondary N) is 1. The maximum absolute atomic E-state index is 12.2. The summed E-state index contributed by atoms with van der Waals surface area (Å²) in [7, 11) is 1.49. The van der Waals surface area contributed by atoms with Crippen LogP contribution in [0.5, 0.6) is 0 Å². The van der Waals surface area contributed by atoms with Gasteiger partial charge < -0.3 is 4.98 Å². The van der Waals surface area contributed by atoms with Gasteiger partial charge in [0, 0.05) is 13.6 Å². The van der Waals surface area contributed by atoms with Gasteiger partial charge in [-0.1, -0.05) is 29.8 Å². The maximum atomic E-state index is 12.2. The van der Waals surface area contributed by atoms with Crippen molar-refractivity contribution < 1.29 is 0 Å². The first kappa shape index (κ1) is 14.0. The number of rotatable bonds is 3. The summed E-state index contributed by atoms with van der Waals surface area (Å²) in [4.78, 5) is 31.6. The fourth-order valence-electron chi connectivity index (χ4n) is 1.97. The molecule has 0 fully saturated rings. The smallest absolute Gasteiger partial charge is 0.332 e. The van der Waals surface area contributed by atoms with E-state index in [4.69, 9.17) is 0 Å². The number of aromatic amines is 1. The van der Waals surface area contributed by atoms with Crippen LogP contribution in [0, 0.1) is 5.92 Å². The van der Waals surface area contributed by atoms with E-state index in [2.05, 4.69) is 25.9 Å². The normalized spacial score (nSPS) is 13.4. The van der Waals surface area contributed by atoms with Crippen molar-refractivity contribution in [1.82, 2.24) is 19.1 Å². The van der Waals surface area contributed by atoms with Crippen molar-refractivity contribution in [3.05, 3.63) is 26.7 Å². The Hall–Kier alpha value is -1.37. The van der Waals surface area contributed by atoms with Crippen molar-refractivity contribution >= 4 is 27.1 Å². The molecule has 0 aliphatic carbocycles. The second-order valence-electron chi connectivity index (χ2n) is 5.09. The highest BCUT2D eigenvalue weighted by atomic mass is 79.9. The van der Waals surface area contributed by atoms with E-state index in [0.29, 0.717) is 29.5 Å². The van der Waals surface area contributed by atoms with Gasteiger partial charge in [0.25, 0.3) is 5.56 Å². The molecule has 0 bridgehead atoms. The highest BCUT2D eigenvalue weighted by molar-refractivity contribution is 9.09. The van der Waals surface area contributed by atoms with E-state index in [-0.39, 0.29) is 16.1 Å². The van der Waals surface area contributed by atoms with Gasteiger partial charge in [0.15, 0.2) is 5.65 Å². The number of fused-ring (bicyclic) bond motifs is 1. The molecule has 1 N–H and O–H groups in total. The fourth-order valence-corrected chi connectivity index (χ4v) is 2.19. The van der Waals surface area contributed by atoms with Gasteiger partial charge in [-0.15, -0.1) is 0 Å². The van der Waals surface area contributed by atoms with Crippen LogP contribution in [-0.4, -0.2) is 19.1 Å². The van der Waals surface area contributed by atoms with E-state index in [1.165, 1.54) is 7.05 Å². The summed E-state index contributed by atoms with van der Waals surface area (Å²) in [5.41, 5.74) is 0.144. The van der Waals surface area contributed by atoms with Crippen LogP contribution in [0.2, 0.25) is 0 Å². The second-order valence-corrected chi connectivity index (χ2v) is 6.46. The van der Waals surface area contributed by atoms with Crippen LogP contribution in [0.25, 0.3) is 11.2 Å². The minimum Gasteiger partial charge on any atom is -0.335 e. The van der Waals surface area contributed by atoms with E-state index in [1.807, 2.05) is 20.8 Å². The van der Waals surface area contributed by atoms with Crippen molar-refractivity contribution in [2.75, 3.05) is 0 Å². The summed E-state index contributed by atoms with van der Waals surface area (Å²) < 4.78 is 2.67. The molecule has 0 radical (unpaired) electrons. The molecule has 2 rings (SSSR count). The third-order valence-electron chi connectivity index (χ3n) is 2.92. The number of hydrogen-bond donors (Lipinski definition) is 1. The number of alkyl halides is 1. The minimum absolute atomic E-state index is 0.00721. The average Bonchev–Trinajstić information content (AvgIpc) is 2.76. The molecule has 19 heavy (non-hydrogen) atoms. The summed E-state index contributed by atoms with van der Waals surface area (Å²) in [6.07, 6.45) is 0. The number of H-pyrrole nitrogens is 1. The van der Waals surface area contributed by atoms with Gasteiger partial charge in [0.2, 0.25) is 0 Å². The molecule has 7 heteroatoms. The molecule has 2 aromatic heterocycles. The van der Waals surface area contributed by atoms with Crippen molar-refractivity contribution in [3.8, 4) is 0 Å². The summed E-state index contributed by atoms with van der Waals surface area (Å²) in [6, 6.07) is 0. The Balaban J connectivity index is 2.85. The van der Waals surface area contributed by atoms with E-state index in [9.17, 15) is 9.59 Å². The Bertz CT molecular complexity index is 724.